The molecule has 0 fully saturated rings. The molecule has 5 nitrogen and oxygen atoms in total. The van der Waals surface area contributed by atoms with Crippen molar-refractivity contribution in [1.82, 2.24) is 0 Å². The van der Waals surface area contributed by atoms with E-state index < -0.39 is 4.92 Å². The van der Waals surface area contributed by atoms with Crippen molar-refractivity contribution in [2.24, 2.45) is 4.99 Å². The zero-order valence-electron chi connectivity index (χ0n) is 16.5. The molecule has 0 aromatic heterocycles. The van der Waals surface area contributed by atoms with Gasteiger partial charge in [0, 0.05) is 23.9 Å². The fourth-order valence-corrected chi connectivity index (χ4v) is 3.25. The molecule has 4 rings (SSSR count). The summed E-state index contributed by atoms with van der Waals surface area (Å²) in [7, 11) is 0. The van der Waals surface area contributed by atoms with Crippen LogP contribution < -0.4 is 4.74 Å². The minimum absolute atomic E-state index is 0.0653. The van der Waals surface area contributed by atoms with Gasteiger partial charge in [-0.1, -0.05) is 48.5 Å². The summed E-state index contributed by atoms with van der Waals surface area (Å²) in [6.45, 7) is 2.34. The average molecular weight is 396 g/mol. The Bertz CT molecular complexity index is 1230. The number of non-ortho nitro benzene ring substituents is 1. The van der Waals surface area contributed by atoms with Crippen LogP contribution in [0.2, 0.25) is 0 Å². The number of aryl methyl sites for hydroxylation is 1. The van der Waals surface area contributed by atoms with Gasteiger partial charge in [-0.3, -0.25) is 15.1 Å². The second-order valence-electron chi connectivity index (χ2n) is 6.96. The first-order valence-corrected chi connectivity index (χ1v) is 9.59. The summed E-state index contributed by atoms with van der Waals surface area (Å²) in [6.07, 6.45) is 1.84. The number of nitro groups is 1. The average Bonchev–Trinajstić information content (AvgIpc) is 2.77. The molecule has 5 heteroatoms. The minimum atomic E-state index is -0.409. The number of nitrogens with zero attached hydrogens (tertiary/aromatic N) is 2. The third-order valence-corrected chi connectivity index (χ3v) is 4.92. The molecule has 4 aromatic carbocycles. The van der Waals surface area contributed by atoms with Crippen LogP contribution in [0.3, 0.4) is 0 Å². The summed E-state index contributed by atoms with van der Waals surface area (Å²) < 4.78 is 6.09. The smallest absolute Gasteiger partial charge is 0.269 e. The van der Waals surface area contributed by atoms with Crippen molar-refractivity contribution < 1.29 is 9.66 Å². The summed E-state index contributed by atoms with van der Waals surface area (Å²) in [4.78, 5) is 15.1. The number of hydrogen-bond acceptors (Lipinski definition) is 4. The highest BCUT2D eigenvalue weighted by Gasteiger charge is 2.09. The number of rotatable bonds is 6. The van der Waals surface area contributed by atoms with Crippen molar-refractivity contribution in [2.45, 2.75) is 13.5 Å². The summed E-state index contributed by atoms with van der Waals surface area (Å²) >= 11 is 0. The van der Waals surface area contributed by atoms with Crippen LogP contribution in [0.1, 0.15) is 16.7 Å². The predicted octanol–water partition coefficient (Wildman–Crippen LogP) is 6.39. The molecule has 0 bridgehead atoms. The number of para-hydroxylation sites is 1. The van der Waals surface area contributed by atoms with Gasteiger partial charge < -0.3 is 4.74 Å². The highest BCUT2D eigenvalue weighted by atomic mass is 16.6. The maximum atomic E-state index is 10.8. The number of benzene rings is 4. The van der Waals surface area contributed by atoms with Crippen LogP contribution in [-0.4, -0.2) is 11.1 Å². The van der Waals surface area contributed by atoms with Gasteiger partial charge >= 0.3 is 0 Å². The molecular formula is C25H20N2O3. The van der Waals surface area contributed by atoms with Gasteiger partial charge in [0.05, 0.1) is 10.6 Å². The second-order valence-corrected chi connectivity index (χ2v) is 6.96. The van der Waals surface area contributed by atoms with Gasteiger partial charge in [0.25, 0.3) is 5.69 Å². The lowest BCUT2D eigenvalue weighted by Crippen LogP contribution is -1.99. The van der Waals surface area contributed by atoms with Crippen molar-refractivity contribution in [1.29, 1.82) is 0 Å². The maximum absolute atomic E-state index is 10.8. The number of ether oxygens (including phenoxy) is 1. The standard InChI is InChI=1S/C25H20N2O3/c1-18-6-2-5-9-24(18)26-16-23-22-8-4-3-7-20(22)12-15-25(23)30-17-19-10-13-21(14-11-19)27(28)29/h2-16H,17H2,1H3. The largest absolute Gasteiger partial charge is 0.488 e. The highest BCUT2D eigenvalue weighted by molar-refractivity contribution is 6.03. The summed E-state index contributed by atoms with van der Waals surface area (Å²) in [6, 6.07) is 26.4. The van der Waals surface area contributed by atoms with Crippen LogP contribution in [0.15, 0.2) is 89.9 Å². The zero-order chi connectivity index (χ0) is 20.9. The summed E-state index contributed by atoms with van der Waals surface area (Å²) in [5, 5.41) is 13.0. The molecule has 4 aromatic rings. The topological polar surface area (TPSA) is 64.7 Å². The van der Waals surface area contributed by atoms with E-state index in [-0.39, 0.29) is 5.69 Å². The van der Waals surface area contributed by atoms with Gasteiger partial charge in [-0.05, 0) is 53.1 Å². The predicted molar refractivity (Wildman–Crippen MR) is 120 cm³/mol. The van der Waals surface area contributed by atoms with Gasteiger partial charge in [0.15, 0.2) is 0 Å². The molecule has 0 unspecified atom stereocenters. The van der Waals surface area contributed by atoms with E-state index in [9.17, 15) is 10.1 Å². The van der Waals surface area contributed by atoms with E-state index in [4.69, 9.17) is 9.73 Å². The Morgan fingerprint density at radius 2 is 1.67 bits per heavy atom. The molecule has 0 aliphatic carbocycles. The molecule has 0 aliphatic heterocycles. The Balaban J connectivity index is 1.66. The van der Waals surface area contributed by atoms with Crippen molar-refractivity contribution in [3.05, 3.63) is 112 Å². The van der Waals surface area contributed by atoms with Gasteiger partial charge in [-0.15, -0.1) is 0 Å². The van der Waals surface area contributed by atoms with Gasteiger partial charge in [0.2, 0.25) is 0 Å². The van der Waals surface area contributed by atoms with E-state index in [2.05, 4.69) is 6.07 Å². The van der Waals surface area contributed by atoms with Gasteiger partial charge in [-0.2, -0.15) is 0 Å². The number of fused-ring (bicyclic) bond motifs is 1. The van der Waals surface area contributed by atoms with Crippen LogP contribution in [0.4, 0.5) is 11.4 Å². The van der Waals surface area contributed by atoms with Crippen LogP contribution in [0, 0.1) is 17.0 Å². The molecule has 30 heavy (non-hydrogen) atoms. The Morgan fingerprint density at radius 3 is 2.43 bits per heavy atom. The molecule has 0 atom stereocenters. The van der Waals surface area contributed by atoms with Crippen LogP contribution >= 0.6 is 0 Å². The van der Waals surface area contributed by atoms with Crippen LogP contribution in [-0.2, 0) is 6.61 Å². The van der Waals surface area contributed by atoms with Crippen molar-refractivity contribution in [3.8, 4) is 5.75 Å². The number of nitro benzene ring substituents is 1. The van der Waals surface area contributed by atoms with E-state index in [0.29, 0.717) is 12.4 Å². The molecule has 0 radical (unpaired) electrons. The minimum Gasteiger partial charge on any atom is -0.488 e. The first-order chi connectivity index (χ1) is 14.6. The second kappa shape index (κ2) is 8.57. The monoisotopic (exact) mass is 396 g/mol. The Hall–Kier alpha value is -3.99. The lowest BCUT2D eigenvalue weighted by molar-refractivity contribution is -0.384. The van der Waals surface area contributed by atoms with E-state index in [1.807, 2.05) is 67.7 Å². The van der Waals surface area contributed by atoms with Crippen molar-refractivity contribution >= 4 is 28.4 Å². The van der Waals surface area contributed by atoms with Crippen LogP contribution in [0.5, 0.6) is 5.75 Å². The van der Waals surface area contributed by atoms with Crippen molar-refractivity contribution in [2.75, 3.05) is 0 Å². The molecule has 0 spiro atoms. The van der Waals surface area contributed by atoms with Crippen LogP contribution in [0.25, 0.3) is 10.8 Å². The third-order valence-electron chi connectivity index (χ3n) is 4.92. The number of hydrogen-bond donors (Lipinski definition) is 0. The molecule has 148 valence electrons. The van der Waals surface area contributed by atoms with E-state index in [1.54, 1.807) is 12.1 Å². The first kappa shape index (κ1) is 19.3. The molecular weight excluding hydrogens is 376 g/mol. The fourth-order valence-electron chi connectivity index (χ4n) is 3.25. The van der Waals surface area contributed by atoms with Gasteiger partial charge in [-0.25, -0.2) is 0 Å². The zero-order valence-corrected chi connectivity index (χ0v) is 16.5. The Morgan fingerprint density at radius 1 is 0.933 bits per heavy atom. The van der Waals surface area contributed by atoms with E-state index in [1.165, 1.54) is 12.1 Å². The van der Waals surface area contributed by atoms with Gasteiger partial charge in [0.1, 0.15) is 12.4 Å². The molecule has 0 aliphatic rings. The lowest BCUT2D eigenvalue weighted by atomic mass is 10.0. The molecule has 0 heterocycles. The first-order valence-electron chi connectivity index (χ1n) is 9.59. The third kappa shape index (κ3) is 4.20. The summed E-state index contributed by atoms with van der Waals surface area (Å²) in [5.41, 5.74) is 3.83. The molecule has 0 amide bonds. The molecule has 0 saturated carbocycles. The SMILES string of the molecule is Cc1ccccc1N=Cc1c(OCc2ccc([N+](=O)[O-])cc2)ccc2ccccc12. The quantitative estimate of drug-likeness (QED) is 0.216. The molecule has 0 N–H and O–H groups in total. The van der Waals surface area contributed by atoms with E-state index >= 15 is 0 Å². The maximum Gasteiger partial charge on any atom is 0.269 e. The number of aliphatic imine (C=N–C) groups is 1. The highest BCUT2D eigenvalue weighted by Crippen LogP contribution is 2.29. The Labute approximate surface area is 174 Å². The summed E-state index contributed by atoms with van der Waals surface area (Å²) in [5.74, 6) is 0.712. The lowest BCUT2D eigenvalue weighted by Gasteiger charge is -2.12. The molecule has 0 saturated heterocycles. The Kier molecular flexibility index (Phi) is 5.52. The fraction of sp³-hybridized carbons (Fsp3) is 0.0800. The van der Waals surface area contributed by atoms with E-state index in [0.717, 1.165) is 33.2 Å². The van der Waals surface area contributed by atoms with Crippen molar-refractivity contribution in [3.63, 3.8) is 0 Å². The normalized spacial score (nSPS) is 11.1.